The monoisotopic (exact) mass is 1030 g/mol. The summed E-state index contributed by atoms with van der Waals surface area (Å²) in [7, 11) is -31.1. The molecule has 0 radical (unpaired) electrons. The zero-order valence-electron chi connectivity index (χ0n) is 31.7. The van der Waals surface area contributed by atoms with Crippen LogP contribution in [0.2, 0.25) is 0 Å². The summed E-state index contributed by atoms with van der Waals surface area (Å²) in [6.45, 7) is 0. The predicted octanol–water partition coefficient (Wildman–Crippen LogP) is 2.04. The quantitative estimate of drug-likeness (QED) is 0.0551. The molecule has 348 valence electrons. The Bertz CT molecular complexity index is 3500. The second-order valence-corrected chi connectivity index (χ2v) is 21.7. The van der Waals surface area contributed by atoms with Crippen molar-refractivity contribution >= 4 is 119 Å². The standard InChI is InChI=1S/C34H24N4O22S6/c39-23-13-21(61(43,44)45)7-17-9-27(65(55,56)57)31(33(41)29(17)23)37-35-19-5-3-15(25(11-19)63(49,50)51)1-2-16-4-6-20(12-26(16)64(52,53)54)36-38-32-28(66(58,59)60)10-18-8-22(62(46,47)48)14-24(40)30(18)34(32)42/h1-14,35-36,39-40H,(H,43,44,45)(H,46,47,48)(H,49,50,51)(H,52,53,54)(H,55,56,57)(H,58,59,60)/b2-1?,37-31-,38-32+. The number of hydrogen-bond donors (Lipinski definition) is 10. The minimum Gasteiger partial charge on any atom is -0.507 e. The number of allylic oxidation sites excluding steroid dienone is 2. The number of rotatable bonds is 12. The highest BCUT2D eigenvalue weighted by Crippen LogP contribution is 2.36. The van der Waals surface area contributed by atoms with Gasteiger partial charge in [0.2, 0.25) is 11.6 Å². The van der Waals surface area contributed by atoms with Crippen molar-refractivity contribution in [2.75, 3.05) is 10.9 Å². The van der Waals surface area contributed by atoms with Crippen LogP contribution in [0.4, 0.5) is 11.4 Å². The van der Waals surface area contributed by atoms with Crippen molar-refractivity contribution in [3.8, 4) is 11.5 Å². The lowest BCUT2D eigenvalue weighted by Crippen LogP contribution is -2.27. The van der Waals surface area contributed by atoms with Crippen LogP contribution in [-0.2, 0) is 60.7 Å². The van der Waals surface area contributed by atoms with Crippen molar-refractivity contribution in [1.29, 1.82) is 0 Å². The van der Waals surface area contributed by atoms with Crippen LogP contribution in [0.15, 0.2) is 100 Å². The molecule has 32 heteroatoms. The van der Waals surface area contributed by atoms with Gasteiger partial charge in [-0.15, -0.1) is 0 Å². The Morgan fingerprint density at radius 1 is 0.439 bits per heavy atom. The number of benzene rings is 4. The number of hydrazone groups is 2. The zero-order chi connectivity index (χ0) is 49.3. The smallest absolute Gasteiger partial charge is 0.296 e. The first kappa shape index (κ1) is 48.9. The van der Waals surface area contributed by atoms with E-state index in [1.165, 1.54) is 0 Å². The minimum atomic E-state index is -5.36. The molecule has 0 aliphatic heterocycles. The number of phenolic OH excluding ortho intramolecular Hbond substituents is 2. The van der Waals surface area contributed by atoms with Crippen LogP contribution in [0.5, 0.6) is 11.5 Å². The topological polar surface area (TPSA) is 450 Å². The molecule has 4 aromatic rings. The maximum absolute atomic E-state index is 13.3. The van der Waals surface area contributed by atoms with Crippen LogP contribution < -0.4 is 10.9 Å². The molecule has 0 saturated carbocycles. The van der Waals surface area contributed by atoms with E-state index in [-0.39, 0.29) is 0 Å². The van der Waals surface area contributed by atoms with E-state index in [9.17, 15) is 97.6 Å². The number of carbonyl (C=O) groups excluding carboxylic acids is 2. The van der Waals surface area contributed by atoms with Crippen LogP contribution in [0.25, 0.3) is 24.3 Å². The number of phenols is 2. The van der Waals surface area contributed by atoms with E-state index >= 15 is 0 Å². The molecule has 66 heavy (non-hydrogen) atoms. The van der Waals surface area contributed by atoms with Crippen LogP contribution >= 0.6 is 0 Å². The second-order valence-electron chi connectivity index (χ2n) is 13.3. The molecule has 0 aromatic heterocycles. The van der Waals surface area contributed by atoms with Gasteiger partial charge in [-0.25, -0.2) is 0 Å². The highest BCUT2D eigenvalue weighted by atomic mass is 32.2. The van der Waals surface area contributed by atoms with Gasteiger partial charge >= 0.3 is 0 Å². The molecule has 0 amide bonds. The molecule has 26 nitrogen and oxygen atoms in total. The van der Waals surface area contributed by atoms with Gasteiger partial charge in [-0.2, -0.15) is 60.7 Å². The van der Waals surface area contributed by atoms with E-state index in [0.717, 1.165) is 36.4 Å². The Labute approximate surface area is 371 Å². The molecule has 0 fully saturated rings. The first-order valence-electron chi connectivity index (χ1n) is 16.9. The summed E-state index contributed by atoms with van der Waals surface area (Å²) < 4.78 is 204. The van der Waals surface area contributed by atoms with E-state index in [2.05, 4.69) is 21.1 Å². The maximum Gasteiger partial charge on any atom is 0.296 e. The average Bonchev–Trinajstić information content (AvgIpc) is 3.16. The van der Waals surface area contributed by atoms with Crippen molar-refractivity contribution in [3.63, 3.8) is 0 Å². The Balaban J connectivity index is 1.33. The molecule has 0 saturated heterocycles. The van der Waals surface area contributed by atoms with Crippen LogP contribution in [0.1, 0.15) is 43.0 Å². The third-order valence-corrected chi connectivity index (χ3v) is 14.2. The van der Waals surface area contributed by atoms with Gasteiger partial charge < -0.3 is 10.2 Å². The molecular weight excluding hydrogens is 1010 g/mol. The van der Waals surface area contributed by atoms with Crippen LogP contribution in [-0.4, -0.2) is 111 Å². The minimum absolute atomic E-state index is 0.404. The Morgan fingerprint density at radius 3 is 1.06 bits per heavy atom. The van der Waals surface area contributed by atoms with Crippen molar-refractivity contribution in [2.24, 2.45) is 10.2 Å². The number of Topliss-reactive ketones (excluding diaryl/α,β-unsaturated/α-hetero) is 2. The molecule has 10 N–H and O–H groups in total. The Hall–Kier alpha value is -6.56. The zero-order valence-corrected chi connectivity index (χ0v) is 36.6. The van der Waals surface area contributed by atoms with Gasteiger partial charge in [-0.3, -0.25) is 47.8 Å². The number of nitrogens with zero attached hydrogens (tertiary/aromatic N) is 2. The van der Waals surface area contributed by atoms with E-state index in [4.69, 9.17) is 0 Å². The number of hydrogen-bond acceptors (Lipinski definition) is 20. The third-order valence-electron chi connectivity index (χ3n) is 8.94. The van der Waals surface area contributed by atoms with Gasteiger partial charge in [0.15, 0.2) is 11.4 Å². The van der Waals surface area contributed by atoms with Gasteiger partial charge in [0, 0.05) is 12.1 Å². The normalized spacial score (nSPS) is 16.2. The van der Waals surface area contributed by atoms with E-state index in [1.54, 1.807) is 0 Å². The summed E-state index contributed by atoms with van der Waals surface area (Å²) in [6, 6.07) is 7.45. The van der Waals surface area contributed by atoms with Crippen LogP contribution in [0, 0.1) is 0 Å². The number of ketones is 2. The van der Waals surface area contributed by atoms with E-state index in [0.29, 0.717) is 48.6 Å². The number of fused-ring (bicyclic) bond motifs is 2. The summed E-state index contributed by atoms with van der Waals surface area (Å²) >= 11 is 0. The lowest BCUT2D eigenvalue weighted by Gasteiger charge is -2.18. The first-order chi connectivity index (χ1) is 30.2. The van der Waals surface area contributed by atoms with Gasteiger partial charge in [-0.1, -0.05) is 24.3 Å². The molecule has 0 spiro atoms. The number of anilines is 2. The second kappa shape index (κ2) is 16.7. The highest BCUT2D eigenvalue weighted by molar-refractivity contribution is 7.91. The summed E-state index contributed by atoms with van der Waals surface area (Å²) in [6.07, 6.45) is 2.87. The molecule has 2 aliphatic rings. The van der Waals surface area contributed by atoms with Crippen molar-refractivity contribution < 1.29 is 97.6 Å². The first-order valence-corrected chi connectivity index (χ1v) is 25.6. The molecule has 0 bridgehead atoms. The predicted molar refractivity (Wildman–Crippen MR) is 227 cm³/mol. The molecule has 0 unspecified atom stereocenters. The fourth-order valence-electron chi connectivity index (χ4n) is 6.10. The van der Waals surface area contributed by atoms with E-state index < -0.39 is 169 Å². The van der Waals surface area contributed by atoms with Crippen molar-refractivity contribution in [3.05, 3.63) is 104 Å². The summed E-state index contributed by atoms with van der Waals surface area (Å²) in [5, 5.41) is 27.9. The van der Waals surface area contributed by atoms with E-state index in [1.807, 2.05) is 0 Å². The number of carbonyl (C=O) groups is 2. The van der Waals surface area contributed by atoms with Gasteiger partial charge in [-0.05, 0) is 70.8 Å². The van der Waals surface area contributed by atoms with Gasteiger partial charge in [0.05, 0.1) is 32.3 Å². The fourth-order valence-corrected chi connectivity index (χ4v) is 9.91. The molecule has 2 aliphatic carbocycles. The highest BCUT2D eigenvalue weighted by Gasteiger charge is 2.37. The fraction of sp³-hybridized carbons (Fsp3) is 0. The summed E-state index contributed by atoms with van der Waals surface area (Å²) in [5.74, 6) is -4.97. The summed E-state index contributed by atoms with van der Waals surface area (Å²) in [4.78, 5) is 20.3. The third kappa shape index (κ3) is 10.1. The molecule has 6 rings (SSSR count). The average molecular weight is 1030 g/mol. The lowest BCUT2D eigenvalue weighted by atomic mass is 9.94. The number of aromatic hydroxyl groups is 2. The Kier molecular flexibility index (Phi) is 12.4. The van der Waals surface area contributed by atoms with Gasteiger partial charge in [0.1, 0.15) is 31.1 Å². The Morgan fingerprint density at radius 2 is 0.773 bits per heavy atom. The summed E-state index contributed by atoms with van der Waals surface area (Å²) in [5.41, 5.74) is -2.23. The molecular formula is C34H24N4O22S6. The molecule has 0 atom stereocenters. The SMILES string of the molecule is O=C1/C(=N/Nc2ccc(C=Cc3ccc(N/N=C4\C(=O)c5c(O)cc(S(=O)(=O)O)cc5C=C4S(=O)(=O)O)cc3S(=O)(=O)O)c(S(=O)(=O)O)c2)C(S(=O)(=O)O)=Cc2cc(S(=O)(=O)O)cc(O)c21. The molecule has 4 aromatic carbocycles. The van der Waals surface area contributed by atoms with Crippen molar-refractivity contribution in [2.45, 2.75) is 19.6 Å². The maximum atomic E-state index is 13.3. The van der Waals surface area contributed by atoms with Crippen LogP contribution in [0.3, 0.4) is 0 Å². The number of nitrogens with one attached hydrogen (secondary N) is 2. The van der Waals surface area contributed by atoms with Gasteiger partial charge in [0.25, 0.3) is 60.7 Å². The van der Waals surface area contributed by atoms with Crippen molar-refractivity contribution in [1.82, 2.24) is 0 Å². The largest absolute Gasteiger partial charge is 0.507 e. The lowest BCUT2D eigenvalue weighted by molar-refractivity contribution is 0.105. The molecule has 0 heterocycles.